The van der Waals surface area contributed by atoms with E-state index in [2.05, 4.69) is 15.4 Å². The molecule has 0 bridgehead atoms. The fourth-order valence-corrected chi connectivity index (χ4v) is 0.893. The number of nitrogens with two attached hydrogens (primary N) is 1. The Morgan fingerprint density at radius 2 is 2.58 bits per heavy atom. The van der Waals surface area contributed by atoms with E-state index < -0.39 is 0 Å². The fraction of sp³-hybridized carbons (Fsp3) is 0.429. The van der Waals surface area contributed by atoms with E-state index in [0.717, 1.165) is 5.69 Å². The molecule has 1 aromatic rings. The van der Waals surface area contributed by atoms with Gasteiger partial charge in [-0.25, -0.2) is 15.4 Å². The average molecular weight is 168 g/mol. The summed E-state index contributed by atoms with van der Waals surface area (Å²) < 4.78 is 4.95. The number of nitrogens with zero attached hydrogens (tertiary/aromatic N) is 2. The SMILES string of the molecule is COCC(NN)c1ccncn1. The first-order chi connectivity index (χ1) is 5.88. The van der Waals surface area contributed by atoms with Gasteiger partial charge < -0.3 is 4.74 Å². The molecule has 0 saturated carbocycles. The third-order valence-corrected chi connectivity index (χ3v) is 1.50. The van der Waals surface area contributed by atoms with Crippen LogP contribution < -0.4 is 11.3 Å². The van der Waals surface area contributed by atoms with Crippen LogP contribution in [-0.4, -0.2) is 23.7 Å². The van der Waals surface area contributed by atoms with E-state index in [1.807, 2.05) is 0 Å². The van der Waals surface area contributed by atoms with Crippen molar-refractivity contribution in [2.75, 3.05) is 13.7 Å². The van der Waals surface area contributed by atoms with Crippen LogP contribution in [0.15, 0.2) is 18.6 Å². The highest BCUT2D eigenvalue weighted by Gasteiger charge is 2.08. The molecule has 1 unspecified atom stereocenters. The maximum Gasteiger partial charge on any atom is 0.115 e. The lowest BCUT2D eigenvalue weighted by molar-refractivity contribution is 0.165. The van der Waals surface area contributed by atoms with Crippen LogP contribution in [0.4, 0.5) is 0 Å². The lowest BCUT2D eigenvalue weighted by atomic mass is 10.2. The monoisotopic (exact) mass is 168 g/mol. The highest BCUT2D eigenvalue weighted by molar-refractivity contribution is 5.03. The molecule has 0 aliphatic rings. The number of hydrogen-bond acceptors (Lipinski definition) is 5. The molecule has 0 aliphatic heterocycles. The van der Waals surface area contributed by atoms with Gasteiger partial charge in [0.2, 0.25) is 0 Å². The van der Waals surface area contributed by atoms with E-state index in [1.165, 1.54) is 6.33 Å². The van der Waals surface area contributed by atoms with Gasteiger partial charge in [-0.1, -0.05) is 0 Å². The summed E-state index contributed by atoms with van der Waals surface area (Å²) >= 11 is 0. The molecule has 0 radical (unpaired) electrons. The van der Waals surface area contributed by atoms with Gasteiger partial charge in [-0.05, 0) is 6.07 Å². The van der Waals surface area contributed by atoms with Gasteiger partial charge in [0.1, 0.15) is 6.33 Å². The standard InChI is InChI=1S/C7H12N4O/c1-12-4-7(11-8)6-2-3-9-5-10-6/h2-3,5,7,11H,4,8H2,1H3. The molecule has 0 fully saturated rings. The number of ether oxygens (including phenoxy) is 1. The summed E-state index contributed by atoms with van der Waals surface area (Å²) in [7, 11) is 1.62. The highest BCUT2D eigenvalue weighted by Crippen LogP contribution is 2.06. The van der Waals surface area contributed by atoms with Crippen LogP contribution in [0.25, 0.3) is 0 Å². The van der Waals surface area contributed by atoms with E-state index in [-0.39, 0.29) is 6.04 Å². The summed E-state index contributed by atoms with van der Waals surface area (Å²) in [6, 6.07) is 1.72. The van der Waals surface area contributed by atoms with Crippen LogP contribution in [-0.2, 0) is 4.74 Å². The van der Waals surface area contributed by atoms with E-state index in [9.17, 15) is 0 Å². The second-order valence-electron chi connectivity index (χ2n) is 2.31. The largest absolute Gasteiger partial charge is 0.383 e. The molecule has 0 saturated heterocycles. The van der Waals surface area contributed by atoms with Crippen molar-refractivity contribution < 1.29 is 4.74 Å². The summed E-state index contributed by atoms with van der Waals surface area (Å²) in [5, 5.41) is 0. The van der Waals surface area contributed by atoms with Gasteiger partial charge in [0.15, 0.2) is 0 Å². The molecule has 1 rings (SSSR count). The summed E-state index contributed by atoms with van der Waals surface area (Å²) in [6.45, 7) is 0.494. The molecule has 1 heterocycles. The first-order valence-corrected chi connectivity index (χ1v) is 3.59. The van der Waals surface area contributed by atoms with Crippen LogP contribution in [0.2, 0.25) is 0 Å². The zero-order valence-corrected chi connectivity index (χ0v) is 6.90. The maximum atomic E-state index is 5.30. The molecule has 66 valence electrons. The Kier molecular flexibility index (Phi) is 3.59. The molecular weight excluding hydrogens is 156 g/mol. The lowest BCUT2D eigenvalue weighted by Crippen LogP contribution is -2.31. The Morgan fingerprint density at radius 3 is 3.08 bits per heavy atom. The van der Waals surface area contributed by atoms with Crippen molar-refractivity contribution in [2.45, 2.75) is 6.04 Å². The van der Waals surface area contributed by atoms with Crippen molar-refractivity contribution in [3.63, 3.8) is 0 Å². The summed E-state index contributed by atoms with van der Waals surface area (Å²) in [6.07, 6.45) is 3.15. The second-order valence-corrected chi connectivity index (χ2v) is 2.31. The molecule has 0 amide bonds. The average Bonchev–Trinajstić information content (AvgIpc) is 2.15. The number of rotatable bonds is 4. The zero-order chi connectivity index (χ0) is 8.81. The maximum absolute atomic E-state index is 5.30. The van der Waals surface area contributed by atoms with E-state index in [0.29, 0.717) is 6.61 Å². The first kappa shape index (κ1) is 9.05. The smallest absolute Gasteiger partial charge is 0.115 e. The highest BCUT2D eigenvalue weighted by atomic mass is 16.5. The molecule has 5 nitrogen and oxygen atoms in total. The van der Waals surface area contributed by atoms with Gasteiger partial charge in [-0.2, -0.15) is 0 Å². The predicted octanol–water partition coefficient (Wildman–Crippen LogP) is -0.373. The number of hydrazine groups is 1. The molecule has 12 heavy (non-hydrogen) atoms. The van der Waals surface area contributed by atoms with Crippen molar-refractivity contribution in [3.05, 3.63) is 24.3 Å². The van der Waals surface area contributed by atoms with E-state index in [4.69, 9.17) is 10.6 Å². The van der Waals surface area contributed by atoms with Crippen LogP contribution in [0.5, 0.6) is 0 Å². The first-order valence-electron chi connectivity index (χ1n) is 3.59. The van der Waals surface area contributed by atoms with Crippen LogP contribution >= 0.6 is 0 Å². The Morgan fingerprint density at radius 1 is 1.75 bits per heavy atom. The summed E-state index contributed by atoms with van der Waals surface area (Å²) in [5.74, 6) is 5.30. The number of methoxy groups -OCH3 is 1. The van der Waals surface area contributed by atoms with Gasteiger partial charge >= 0.3 is 0 Å². The van der Waals surface area contributed by atoms with Crippen molar-refractivity contribution in [1.82, 2.24) is 15.4 Å². The number of nitrogens with one attached hydrogen (secondary N) is 1. The van der Waals surface area contributed by atoms with Gasteiger partial charge in [-0.3, -0.25) is 5.84 Å². The second kappa shape index (κ2) is 4.76. The Hall–Kier alpha value is -1.04. The van der Waals surface area contributed by atoms with Gasteiger partial charge in [0.05, 0.1) is 18.3 Å². The van der Waals surface area contributed by atoms with Crippen LogP contribution in [0, 0.1) is 0 Å². The van der Waals surface area contributed by atoms with E-state index >= 15 is 0 Å². The Bertz CT molecular complexity index is 216. The topological polar surface area (TPSA) is 73.1 Å². The van der Waals surface area contributed by atoms with Crippen LogP contribution in [0.3, 0.4) is 0 Å². The van der Waals surface area contributed by atoms with Crippen molar-refractivity contribution in [3.8, 4) is 0 Å². The molecule has 1 aromatic heterocycles. The normalized spacial score (nSPS) is 12.8. The van der Waals surface area contributed by atoms with Crippen LogP contribution in [0.1, 0.15) is 11.7 Å². The third kappa shape index (κ3) is 2.23. The molecule has 0 aromatic carbocycles. The van der Waals surface area contributed by atoms with Gasteiger partial charge in [0, 0.05) is 13.3 Å². The third-order valence-electron chi connectivity index (χ3n) is 1.50. The molecule has 1 atom stereocenters. The fourth-order valence-electron chi connectivity index (χ4n) is 0.893. The van der Waals surface area contributed by atoms with Crippen molar-refractivity contribution in [2.24, 2.45) is 5.84 Å². The summed E-state index contributed by atoms with van der Waals surface area (Å²) in [5.41, 5.74) is 3.43. The molecule has 0 spiro atoms. The lowest BCUT2D eigenvalue weighted by Gasteiger charge is -2.12. The minimum atomic E-state index is -0.0713. The predicted molar refractivity (Wildman–Crippen MR) is 44.0 cm³/mol. The molecule has 0 aliphatic carbocycles. The molecule has 3 N–H and O–H groups in total. The van der Waals surface area contributed by atoms with Gasteiger partial charge in [0.25, 0.3) is 0 Å². The zero-order valence-electron chi connectivity index (χ0n) is 6.90. The number of aromatic nitrogens is 2. The minimum Gasteiger partial charge on any atom is -0.383 e. The quantitative estimate of drug-likeness (QED) is 0.474. The molecule has 5 heteroatoms. The minimum absolute atomic E-state index is 0.0713. The van der Waals surface area contributed by atoms with Crippen molar-refractivity contribution >= 4 is 0 Å². The summed E-state index contributed by atoms with van der Waals surface area (Å²) in [4.78, 5) is 7.84. The van der Waals surface area contributed by atoms with E-state index in [1.54, 1.807) is 19.4 Å². The molecular formula is C7H12N4O. The number of hydrogen-bond donors (Lipinski definition) is 2. The Balaban J connectivity index is 2.66. The van der Waals surface area contributed by atoms with Gasteiger partial charge in [-0.15, -0.1) is 0 Å². The van der Waals surface area contributed by atoms with Crippen molar-refractivity contribution in [1.29, 1.82) is 0 Å². The Labute approximate surface area is 70.9 Å².